The van der Waals surface area contributed by atoms with E-state index >= 15 is 0 Å². The van der Waals surface area contributed by atoms with Gasteiger partial charge in [0.25, 0.3) is 6.71 Å². The van der Waals surface area contributed by atoms with Crippen molar-refractivity contribution < 1.29 is 0 Å². The van der Waals surface area contributed by atoms with Gasteiger partial charge in [-0.3, -0.25) is 0 Å². The number of anilines is 6. The van der Waals surface area contributed by atoms with E-state index in [9.17, 15) is 10.5 Å². The van der Waals surface area contributed by atoms with E-state index in [1.807, 2.05) is 42.5 Å². The number of rotatable bonds is 4. The van der Waals surface area contributed by atoms with Gasteiger partial charge in [-0.1, -0.05) is 127 Å². The number of benzene rings is 11. The molecule has 0 saturated carbocycles. The first-order chi connectivity index (χ1) is 32.1. The molecule has 2 aliphatic heterocycles. The monoisotopic (exact) mass is 822 g/mol. The molecule has 2 aliphatic rings. The second-order valence-corrected chi connectivity index (χ2v) is 17.2. The summed E-state index contributed by atoms with van der Waals surface area (Å²) in [6.07, 6.45) is 0. The molecular weight excluding hydrogens is 787 g/mol. The van der Waals surface area contributed by atoms with Crippen LogP contribution in [0.5, 0.6) is 0 Å². The van der Waals surface area contributed by atoms with Crippen molar-refractivity contribution in [2.24, 2.45) is 0 Å². The van der Waals surface area contributed by atoms with Gasteiger partial charge in [-0.05, 0) is 161 Å². The minimum Gasteiger partial charge on any atom is -0.311 e. The Morgan fingerprint density at radius 1 is 0.323 bits per heavy atom. The predicted octanol–water partition coefficient (Wildman–Crippen LogP) is 13.5. The summed E-state index contributed by atoms with van der Waals surface area (Å²) < 4.78 is 0. The molecule has 11 aromatic rings. The highest BCUT2D eigenvalue weighted by atomic mass is 15.2. The van der Waals surface area contributed by atoms with Crippen molar-refractivity contribution in [1.82, 2.24) is 0 Å². The average molecular weight is 823 g/mol. The maximum atomic E-state index is 11.0. The van der Waals surface area contributed by atoms with Crippen molar-refractivity contribution in [3.8, 4) is 34.4 Å². The molecule has 0 bridgehead atoms. The molecule has 0 N–H and O–H groups in total. The lowest BCUT2D eigenvalue weighted by atomic mass is 9.33. The second-order valence-electron chi connectivity index (χ2n) is 17.2. The molecule has 298 valence electrons. The fourth-order valence-corrected chi connectivity index (χ4v) is 10.7. The van der Waals surface area contributed by atoms with Gasteiger partial charge in [0.05, 0.1) is 23.3 Å². The van der Waals surface area contributed by atoms with Crippen molar-refractivity contribution in [2.75, 3.05) is 9.80 Å². The molecule has 0 spiro atoms. The van der Waals surface area contributed by atoms with Gasteiger partial charge in [-0.25, -0.2) is 0 Å². The predicted molar refractivity (Wildman–Crippen MR) is 271 cm³/mol. The van der Waals surface area contributed by atoms with Crippen molar-refractivity contribution in [2.45, 2.75) is 0 Å². The number of nitriles is 2. The van der Waals surface area contributed by atoms with E-state index in [-0.39, 0.29) is 6.71 Å². The van der Waals surface area contributed by atoms with Crippen LogP contribution in [0.2, 0.25) is 0 Å². The van der Waals surface area contributed by atoms with E-state index in [4.69, 9.17) is 0 Å². The van der Waals surface area contributed by atoms with Gasteiger partial charge < -0.3 is 9.80 Å². The lowest BCUT2D eigenvalue weighted by Gasteiger charge is -2.44. The number of nitrogens with zero attached hydrogens (tertiary/aromatic N) is 4. The molecule has 0 aliphatic carbocycles. The maximum absolute atomic E-state index is 11.0. The first-order valence-electron chi connectivity index (χ1n) is 22.0. The first kappa shape index (κ1) is 36.7. The molecule has 0 atom stereocenters. The Labute approximate surface area is 376 Å². The zero-order valence-electron chi connectivity index (χ0n) is 35.1. The van der Waals surface area contributed by atoms with E-state index in [2.05, 4.69) is 192 Å². The zero-order valence-corrected chi connectivity index (χ0v) is 35.1. The quantitative estimate of drug-likeness (QED) is 0.131. The average Bonchev–Trinajstić information content (AvgIpc) is 3.36. The maximum Gasteiger partial charge on any atom is 0.252 e. The van der Waals surface area contributed by atoms with Crippen LogP contribution < -0.4 is 26.2 Å². The van der Waals surface area contributed by atoms with E-state index in [1.165, 1.54) is 48.7 Å². The topological polar surface area (TPSA) is 54.1 Å². The minimum absolute atomic E-state index is 0.156. The Kier molecular flexibility index (Phi) is 8.10. The molecule has 0 unspecified atom stereocenters. The van der Waals surface area contributed by atoms with Crippen LogP contribution >= 0.6 is 0 Å². The normalized spacial score (nSPS) is 12.5. The van der Waals surface area contributed by atoms with Gasteiger partial charge in [0.2, 0.25) is 0 Å². The van der Waals surface area contributed by atoms with Crippen molar-refractivity contribution in [1.29, 1.82) is 10.5 Å². The number of hydrogen-bond acceptors (Lipinski definition) is 4. The van der Waals surface area contributed by atoms with Crippen LogP contribution in [0.15, 0.2) is 212 Å². The largest absolute Gasteiger partial charge is 0.311 e. The van der Waals surface area contributed by atoms with Gasteiger partial charge in [-0.2, -0.15) is 10.5 Å². The molecule has 0 amide bonds. The van der Waals surface area contributed by atoms with Gasteiger partial charge in [-0.15, -0.1) is 0 Å². The van der Waals surface area contributed by atoms with Gasteiger partial charge in [0.15, 0.2) is 0 Å². The zero-order chi connectivity index (χ0) is 43.2. The lowest BCUT2D eigenvalue weighted by molar-refractivity contribution is 1.26. The molecule has 13 rings (SSSR count). The summed E-state index contributed by atoms with van der Waals surface area (Å²) in [4.78, 5) is 4.81. The van der Waals surface area contributed by atoms with E-state index in [1.54, 1.807) is 0 Å². The van der Waals surface area contributed by atoms with Crippen LogP contribution in [0, 0.1) is 22.7 Å². The van der Waals surface area contributed by atoms with E-state index in [0.717, 1.165) is 61.6 Å². The summed E-state index contributed by atoms with van der Waals surface area (Å²) in [5.41, 5.74) is 14.0. The summed E-state index contributed by atoms with van der Waals surface area (Å²) in [6, 6.07) is 80.6. The Morgan fingerprint density at radius 2 is 0.708 bits per heavy atom. The standard InChI is InChI=1S/C60H35BN4/c62-36-49-28-43(38-14-4-1-5-15-38)29-50(37-63)59(49)48-34-57-60-58(35-48)65(52-22-8-3-9-23-52)56-33-47-27-42-19-13-11-17-40(42)25-45(47)31-54(56)61(60)53-30-44-24-39-16-10-12-18-41(39)26-46(44)32-55(53)64(57)51-20-6-2-7-21-51/h1-35H. The SMILES string of the molecule is N#Cc1cc(-c2ccccc2)cc(C#N)c1-c1cc2c3c(c1)N(c1ccccc1)c1cc4cc5ccccc5cc4cc1B3c1cc3cc4ccccc4cc3cc1N2c1ccccc1. The Balaban J connectivity index is 1.18. The summed E-state index contributed by atoms with van der Waals surface area (Å²) in [5, 5.41) is 31.5. The number of hydrogen-bond donors (Lipinski definition) is 0. The second kappa shape index (κ2) is 14.3. The van der Waals surface area contributed by atoms with Crippen LogP contribution in [0.4, 0.5) is 34.1 Å². The third-order valence-electron chi connectivity index (χ3n) is 13.5. The third-order valence-corrected chi connectivity index (χ3v) is 13.5. The summed E-state index contributed by atoms with van der Waals surface area (Å²) >= 11 is 0. The summed E-state index contributed by atoms with van der Waals surface area (Å²) in [6.45, 7) is -0.156. The molecule has 0 aromatic heterocycles. The van der Waals surface area contributed by atoms with Gasteiger partial charge >= 0.3 is 0 Å². The number of fused-ring (bicyclic) bond motifs is 8. The minimum atomic E-state index is -0.156. The molecule has 0 fully saturated rings. The fourth-order valence-electron chi connectivity index (χ4n) is 10.7. The van der Waals surface area contributed by atoms with Gasteiger partial charge in [0, 0.05) is 39.7 Å². The highest BCUT2D eigenvalue weighted by Crippen LogP contribution is 2.48. The lowest BCUT2D eigenvalue weighted by Crippen LogP contribution is -2.61. The van der Waals surface area contributed by atoms with E-state index in [0.29, 0.717) is 16.7 Å². The highest BCUT2D eigenvalue weighted by molar-refractivity contribution is 7.00. The Morgan fingerprint density at radius 3 is 1.12 bits per heavy atom. The van der Waals surface area contributed by atoms with Crippen molar-refractivity contribution in [3.63, 3.8) is 0 Å². The molecule has 0 radical (unpaired) electrons. The van der Waals surface area contributed by atoms with Gasteiger partial charge in [0.1, 0.15) is 0 Å². The smallest absolute Gasteiger partial charge is 0.252 e. The molecule has 5 heteroatoms. The molecule has 4 nitrogen and oxygen atoms in total. The van der Waals surface area contributed by atoms with Crippen LogP contribution in [0.3, 0.4) is 0 Å². The third kappa shape index (κ3) is 5.70. The van der Waals surface area contributed by atoms with Crippen molar-refractivity contribution >= 4 is 100 Å². The van der Waals surface area contributed by atoms with Crippen molar-refractivity contribution in [3.05, 3.63) is 223 Å². The summed E-state index contributed by atoms with van der Waals surface area (Å²) in [5.74, 6) is 0. The molecule has 65 heavy (non-hydrogen) atoms. The van der Waals surface area contributed by atoms with Crippen LogP contribution in [0.1, 0.15) is 11.1 Å². The Bertz CT molecular complexity index is 3640. The van der Waals surface area contributed by atoms with Crippen LogP contribution in [-0.2, 0) is 0 Å². The molecule has 11 aromatic carbocycles. The molecule has 0 saturated heterocycles. The Hall–Kier alpha value is -8.90. The first-order valence-corrected chi connectivity index (χ1v) is 22.0. The summed E-state index contributed by atoms with van der Waals surface area (Å²) in [7, 11) is 0. The number of para-hydroxylation sites is 2. The fraction of sp³-hybridized carbons (Fsp3) is 0. The van der Waals surface area contributed by atoms with Crippen LogP contribution in [0.25, 0.3) is 65.3 Å². The molecule has 2 heterocycles. The molecular formula is C60H35BN4. The van der Waals surface area contributed by atoms with Crippen LogP contribution in [-0.4, -0.2) is 6.71 Å². The highest BCUT2D eigenvalue weighted by Gasteiger charge is 2.44. The van der Waals surface area contributed by atoms with E-state index < -0.39 is 0 Å².